The highest BCUT2D eigenvalue weighted by Crippen LogP contribution is 2.29. The number of H-pyrrole nitrogens is 1. The van der Waals surface area contributed by atoms with Gasteiger partial charge in [0.15, 0.2) is 0 Å². The van der Waals surface area contributed by atoms with Crippen molar-refractivity contribution in [3.63, 3.8) is 0 Å². The van der Waals surface area contributed by atoms with Crippen LogP contribution in [-0.2, 0) is 6.61 Å². The lowest BCUT2D eigenvalue weighted by molar-refractivity contribution is 0.298. The summed E-state index contributed by atoms with van der Waals surface area (Å²) in [6.45, 7) is 4.55. The maximum Gasteiger partial charge on any atom is 0.226 e. The third-order valence-corrected chi connectivity index (χ3v) is 5.13. The molecule has 142 valence electrons. The largest absolute Gasteiger partial charge is 0.472 e. The van der Waals surface area contributed by atoms with E-state index < -0.39 is 0 Å². The monoisotopic (exact) mass is 380 g/mol. The van der Waals surface area contributed by atoms with Crippen LogP contribution in [-0.4, -0.2) is 19.9 Å². The first-order valence-corrected chi connectivity index (χ1v) is 9.56. The Bertz CT molecular complexity index is 1320. The Kier molecular flexibility index (Phi) is 4.21. The van der Waals surface area contributed by atoms with E-state index in [0.29, 0.717) is 12.5 Å². The first-order valence-electron chi connectivity index (χ1n) is 9.56. The van der Waals surface area contributed by atoms with Crippen LogP contribution in [0.25, 0.3) is 33.2 Å². The Labute approximate surface area is 168 Å². The molecule has 0 amide bonds. The van der Waals surface area contributed by atoms with Crippen molar-refractivity contribution in [1.29, 1.82) is 0 Å². The number of nitrogens with zero attached hydrogens (tertiary/aromatic N) is 3. The van der Waals surface area contributed by atoms with Gasteiger partial charge in [0.2, 0.25) is 5.88 Å². The maximum absolute atomic E-state index is 6.12. The van der Waals surface area contributed by atoms with E-state index in [1.54, 1.807) is 0 Å². The number of hydrogen-bond acceptors (Lipinski definition) is 4. The first-order chi connectivity index (χ1) is 14.2. The SMILES string of the molecule is Cc1ccc(-c2nc3c(C)cccc3cc2COc2ncnc3[nH]ccc23)cc1. The number of hydrogen-bond donors (Lipinski definition) is 1. The van der Waals surface area contributed by atoms with Crippen LogP contribution in [0.2, 0.25) is 0 Å². The molecule has 29 heavy (non-hydrogen) atoms. The second kappa shape index (κ2) is 7.02. The zero-order chi connectivity index (χ0) is 19.8. The minimum Gasteiger partial charge on any atom is -0.472 e. The predicted molar refractivity (Wildman–Crippen MR) is 115 cm³/mol. The van der Waals surface area contributed by atoms with E-state index in [4.69, 9.17) is 9.72 Å². The first kappa shape index (κ1) is 17.4. The summed E-state index contributed by atoms with van der Waals surface area (Å²) in [4.78, 5) is 16.6. The van der Waals surface area contributed by atoms with Crippen LogP contribution in [0.1, 0.15) is 16.7 Å². The molecule has 5 aromatic rings. The van der Waals surface area contributed by atoms with E-state index in [9.17, 15) is 0 Å². The fourth-order valence-electron chi connectivity index (χ4n) is 3.57. The maximum atomic E-state index is 6.12. The minimum absolute atomic E-state index is 0.372. The van der Waals surface area contributed by atoms with Crippen molar-refractivity contribution < 1.29 is 4.74 Å². The van der Waals surface area contributed by atoms with Crippen LogP contribution in [0.15, 0.2) is 67.1 Å². The molecule has 0 aliphatic rings. The molecule has 1 N–H and O–H groups in total. The number of aromatic amines is 1. The van der Waals surface area contributed by atoms with Gasteiger partial charge in [-0.2, -0.15) is 0 Å². The Morgan fingerprint density at radius 3 is 2.69 bits per heavy atom. The van der Waals surface area contributed by atoms with Gasteiger partial charge in [-0.3, -0.25) is 0 Å². The average molecular weight is 380 g/mol. The van der Waals surface area contributed by atoms with Crippen LogP contribution in [0, 0.1) is 13.8 Å². The van der Waals surface area contributed by atoms with E-state index in [1.807, 2.05) is 12.3 Å². The van der Waals surface area contributed by atoms with Gasteiger partial charge >= 0.3 is 0 Å². The highest BCUT2D eigenvalue weighted by Gasteiger charge is 2.13. The fraction of sp³-hybridized carbons (Fsp3) is 0.125. The quantitative estimate of drug-likeness (QED) is 0.455. The lowest BCUT2D eigenvalue weighted by Gasteiger charge is -2.13. The van der Waals surface area contributed by atoms with Gasteiger partial charge in [0.1, 0.15) is 18.6 Å². The number of benzene rings is 2. The standard InChI is InChI=1S/C24H20N4O/c1-15-6-8-17(9-7-15)22-19(12-18-5-3-4-16(2)21(18)28-22)13-29-24-20-10-11-25-23(20)26-14-27-24/h3-12,14H,13H2,1-2H3,(H,25,26,27). The summed E-state index contributed by atoms with van der Waals surface area (Å²) < 4.78 is 6.12. The van der Waals surface area contributed by atoms with Crippen molar-refractivity contribution in [1.82, 2.24) is 19.9 Å². The highest BCUT2D eigenvalue weighted by atomic mass is 16.5. The molecule has 0 fully saturated rings. The topological polar surface area (TPSA) is 63.7 Å². The minimum atomic E-state index is 0.372. The van der Waals surface area contributed by atoms with Gasteiger partial charge in [-0.05, 0) is 31.5 Å². The highest BCUT2D eigenvalue weighted by molar-refractivity contribution is 5.86. The molecular formula is C24H20N4O. The zero-order valence-corrected chi connectivity index (χ0v) is 16.3. The van der Waals surface area contributed by atoms with E-state index in [-0.39, 0.29) is 0 Å². The zero-order valence-electron chi connectivity index (χ0n) is 16.3. The Balaban J connectivity index is 1.60. The molecule has 5 rings (SSSR count). The summed E-state index contributed by atoms with van der Waals surface area (Å²) in [5, 5.41) is 1.97. The van der Waals surface area contributed by atoms with Gasteiger partial charge in [0.25, 0.3) is 0 Å². The normalized spacial score (nSPS) is 11.2. The Morgan fingerprint density at radius 2 is 1.83 bits per heavy atom. The number of aryl methyl sites for hydroxylation is 2. The van der Waals surface area contributed by atoms with Gasteiger partial charge in [-0.1, -0.05) is 48.0 Å². The van der Waals surface area contributed by atoms with Crippen molar-refractivity contribution in [2.24, 2.45) is 0 Å². The van der Waals surface area contributed by atoms with Crippen LogP contribution in [0.5, 0.6) is 5.88 Å². The molecule has 3 aromatic heterocycles. The summed E-state index contributed by atoms with van der Waals surface area (Å²) in [7, 11) is 0. The van der Waals surface area contributed by atoms with Crippen molar-refractivity contribution >= 4 is 21.9 Å². The van der Waals surface area contributed by atoms with Gasteiger partial charge in [0, 0.05) is 22.7 Å². The lowest BCUT2D eigenvalue weighted by Crippen LogP contribution is -2.02. The molecule has 3 heterocycles. The molecular weight excluding hydrogens is 360 g/mol. The van der Waals surface area contributed by atoms with Gasteiger partial charge in [-0.25, -0.2) is 15.0 Å². The molecule has 5 nitrogen and oxygen atoms in total. The number of nitrogens with one attached hydrogen (secondary N) is 1. The molecule has 0 atom stereocenters. The number of pyridine rings is 1. The number of aromatic nitrogens is 4. The third-order valence-electron chi connectivity index (χ3n) is 5.13. The number of ether oxygens (including phenoxy) is 1. The van der Waals surface area contributed by atoms with Crippen LogP contribution < -0.4 is 4.74 Å². The molecule has 0 bridgehead atoms. The van der Waals surface area contributed by atoms with E-state index >= 15 is 0 Å². The van der Waals surface area contributed by atoms with Crippen molar-refractivity contribution in [2.75, 3.05) is 0 Å². The molecule has 5 heteroatoms. The summed E-state index contributed by atoms with van der Waals surface area (Å²) in [5.41, 5.74) is 7.20. The van der Waals surface area contributed by atoms with Gasteiger partial charge < -0.3 is 9.72 Å². The van der Waals surface area contributed by atoms with Crippen molar-refractivity contribution in [3.8, 4) is 17.1 Å². The van der Waals surface area contributed by atoms with E-state index in [1.165, 1.54) is 11.9 Å². The van der Waals surface area contributed by atoms with Gasteiger partial charge in [0.05, 0.1) is 16.6 Å². The van der Waals surface area contributed by atoms with Gasteiger partial charge in [-0.15, -0.1) is 0 Å². The molecule has 0 saturated heterocycles. The van der Waals surface area contributed by atoms with Crippen LogP contribution in [0.3, 0.4) is 0 Å². The summed E-state index contributed by atoms with van der Waals surface area (Å²) >= 11 is 0. The molecule has 0 aliphatic carbocycles. The number of para-hydroxylation sites is 1. The van der Waals surface area contributed by atoms with Crippen LogP contribution >= 0.6 is 0 Å². The Hall–Kier alpha value is -3.73. The van der Waals surface area contributed by atoms with Crippen LogP contribution in [0.4, 0.5) is 0 Å². The van der Waals surface area contributed by atoms with E-state index in [2.05, 4.69) is 77.3 Å². The van der Waals surface area contributed by atoms with E-state index in [0.717, 1.165) is 44.3 Å². The molecule has 0 aliphatic heterocycles. The Morgan fingerprint density at radius 1 is 0.966 bits per heavy atom. The summed E-state index contributed by atoms with van der Waals surface area (Å²) in [6, 6.07) is 18.8. The number of fused-ring (bicyclic) bond motifs is 2. The summed E-state index contributed by atoms with van der Waals surface area (Å²) in [5.74, 6) is 0.565. The second-order valence-corrected chi connectivity index (χ2v) is 7.22. The molecule has 2 aromatic carbocycles. The molecule has 0 saturated carbocycles. The van der Waals surface area contributed by atoms with Crippen molar-refractivity contribution in [2.45, 2.75) is 20.5 Å². The predicted octanol–water partition coefficient (Wildman–Crippen LogP) is 5.37. The second-order valence-electron chi connectivity index (χ2n) is 7.22. The third kappa shape index (κ3) is 3.21. The fourth-order valence-corrected chi connectivity index (χ4v) is 3.57. The summed E-state index contributed by atoms with van der Waals surface area (Å²) in [6.07, 6.45) is 3.35. The smallest absolute Gasteiger partial charge is 0.226 e. The molecule has 0 radical (unpaired) electrons. The molecule has 0 unspecified atom stereocenters. The lowest BCUT2D eigenvalue weighted by atomic mass is 10.0. The average Bonchev–Trinajstić information content (AvgIpc) is 3.22. The number of rotatable bonds is 4. The van der Waals surface area contributed by atoms with Crippen molar-refractivity contribution in [3.05, 3.63) is 83.8 Å². The molecule has 0 spiro atoms.